The normalized spacial score (nSPS) is 13.6. The number of hydrogen-bond acceptors (Lipinski definition) is 5. The zero-order chi connectivity index (χ0) is 24.2. The van der Waals surface area contributed by atoms with Gasteiger partial charge in [-0.3, -0.25) is 14.3 Å². The van der Waals surface area contributed by atoms with E-state index in [9.17, 15) is 14.7 Å². The molecule has 3 aromatic rings. The van der Waals surface area contributed by atoms with Crippen LogP contribution in [-0.2, 0) is 24.2 Å². The summed E-state index contributed by atoms with van der Waals surface area (Å²) in [5, 5.41) is 20.5. The maximum atomic E-state index is 13.0. The highest BCUT2D eigenvalue weighted by atomic mass is 35.5. The van der Waals surface area contributed by atoms with Crippen molar-refractivity contribution in [1.82, 2.24) is 20.1 Å². The van der Waals surface area contributed by atoms with Crippen LogP contribution < -0.4 is 10.6 Å². The fraction of sp³-hybridized carbons (Fsp3) is 0.333. The predicted molar refractivity (Wildman–Crippen MR) is 131 cm³/mol. The van der Waals surface area contributed by atoms with Gasteiger partial charge in [-0.15, -0.1) is 0 Å². The topological polar surface area (TPSA) is 109 Å². The molecule has 1 amide bonds. The first kappa shape index (κ1) is 24.0. The van der Waals surface area contributed by atoms with Gasteiger partial charge in [-0.25, -0.2) is 4.98 Å². The first-order valence-corrected chi connectivity index (χ1v) is 11.8. The minimum atomic E-state index is -1.05. The Hall–Kier alpha value is -3.10. The second-order valence-corrected chi connectivity index (χ2v) is 9.16. The third kappa shape index (κ3) is 5.69. The zero-order valence-electron chi connectivity index (χ0n) is 18.6. The number of rotatable bonds is 8. The highest BCUT2D eigenvalue weighted by Gasteiger charge is 2.22. The summed E-state index contributed by atoms with van der Waals surface area (Å²) in [6.45, 7) is 3.31. The Morgan fingerprint density at radius 1 is 1.24 bits per heavy atom. The minimum absolute atomic E-state index is 0.312. The molecule has 1 atom stereocenters. The molecular formula is C24H25Cl2N5O3. The summed E-state index contributed by atoms with van der Waals surface area (Å²) in [4.78, 5) is 29.1. The Balaban J connectivity index is 1.46. The number of fused-ring (bicyclic) bond motifs is 1. The summed E-state index contributed by atoms with van der Waals surface area (Å²) in [6, 6.07) is 8.09. The lowest BCUT2D eigenvalue weighted by Crippen LogP contribution is -2.30. The second kappa shape index (κ2) is 10.4. The second-order valence-electron chi connectivity index (χ2n) is 8.28. The van der Waals surface area contributed by atoms with Crippen LogP contribution in [0.15, 0.2) is 36.5 Å². The van der Waals surface area contributed by atoms with Crippen LogP contribution in [0.1, 0.15) is 51.8 Å². The Bertz CT molecular complexity index is 1210. The van der Waals surface area contributed by atoms with Crippen LogP contribution in [0.3, 0.4) is 0 Å². The molecule has 0 saturated carbocycles. The van der Waals surface area contributed by atoms with Gasteiger partial charge in [0, 0.05) is 40.9 Å². The molecule has 2 aromatic heterocycles. The molecule has 1 aromatic carbocycles. The van der Waals surface area contributed by atoms with E-state index in [0.717, 1.165) is 30.9 Å². The summed E-state index contributed by atoms with van der Waals surface area (Å²) < 4.78 is 1.76. The molecule has 0 radical (unpaired) electrons. The molecule has 34 heavy (non-hydrogen) atoms. The molecule has 0 bridgehead atoms. The Labute approximate surface area is 207 Å². The predicted octanol–water partition coefficient (Wildman–Crippen LogP) is 4.44. The van der Waals surface area contributed by atoms with Gasteiger partial charge in [0.05, 0.1) is 24.2 Å². The van der Waals surface area contributed by atoms with Crippen LogP contribution in [-0.4, -0.2) is 38.3 Å². The molecule has 0 aliphatic carbocycles. The van der Waals surface area contributed by atoms with E-state index in [1.54, 1.807) is 22.9 Å². The van der Waals surface area contributed by atoms with Crippen LogP contribution in [0.5, 0.6) is 0 Å². The molecule has 178 valence electrons. The molecule has 3 N–H and O–H groups in total. The highest BCUT2D eigenvalue weighted by Crippen LogP contribution is 2.26. The zero-order valence-corrected chi connectivity index (χ0v) is 20.2. The Morgan fingerprint density at radius 2 is 2.00 bits per heavy atom. The van der Waals surface area contributed by atoms with Gasteiger partial charge in [-0.2, -0.15) is 5.10 Å². The number of carbonyl (C=O) groups excluding carboxylic acids is 1. The van der Waals surface area contributed by atoms with E-state index in [4.69, 9.17) is 28.2 Å². The molecule has 0 spiro atoms. The number of anilines is 1. The largest absolute Gasteiger partial charge is 0.481 e. The first-order chi connectivity index (χ1) is 16.3. The fourth-order valence-electron chi connectivity index (χ4n) is 4.06. The number of nitrogens with one attached hydrogen (secondary N) is 2. The van der Waals surface area contributed by atoms with E-state index in [0.29, 0.717) is 39.8 Å². The standard InChI is InChI=1S/C24H25Cl2N5O3/c1-14-20(24(34)30-21(12-22(32)33)16-9-17(25)11-18(26)10-16)13-28-31(14)8-6-19-5-4-15-3-2-7-27-23(15)29-19/h4-5,9-11,13,21H,2-3,6-8,12H2,1H3,(H,27,29)(H,30,34)(H,32,33). The Kier molecular flexibility index (Phi) is 7.38. The van der Waals surface area contributed by atoms with Gasteiger partial charge in [-0.1, -0.05) is 29.3 Å². The maximum absolute atomic E-state index is 13.0. The van der Waals surface area contributed by atoms with Crippen molar-refractivity contribution in [3.8, 4) is 0 Å². The quantitative estimate of drug-likeness (QED) is 0.420. The molecule has 0 fully saturated rings. The summed E-state index contributed by atoms with van der Waals surface area (Å²) in [5.41, 5.74) is 3.77. The van der Waals surface area contributed by atoms with Gasteiger partial charge in [-0.05, 0) is 55.2 Å². The van der Waals surface area contributed by atoms with Crippen LogP contribution in [0, 0.1) is 6.92 Å². The van der Waals surface area contributed by atoms with Crippen molar-refractivity contribution in [2.45, 2.75) is 45.2 Å². The molecule has 10 heteroatoms. The van der Waals surface area contributed by atoms with E-state index in [-0.39, 0.29) is 6.42 Å². The molecular weight excluding hydrogens is 477 g/mol. The van der Waals surface area contributed by atoms with Gasteiger partial charge in [0.15, 0.2) is 0 Å². The van der Waals surface area contributed by atoms with Crippen molar-refractivity contribution in [1.29, 1.82) is 0 Å². The van der Waals surface area contributed by atoms with Crippen molar-refractivity contribution < 1.29 is 14.7 Å². The average molecular weight is 502 g/mol. The van der Waals surface area contributed by atoms with Crippen molar-refractivity contribution in [2.75, 3.05) is 11.9 Å². The van der Waals surface area contributed by atoms with Crippen molar-refractivity contribution >= 4 is 40.9 Å². The molecule has 3 heterocycles. The number of halogens is 2. The number of aryl methyl sites for hydroxylation is 3. The molecule has 0 saturated heterocycles. The average Bonchev–Trinajstić information content (AvgIpc) is 3.16. The summed E-state index contributed by atoms with van der Waals surface area (Å²) >= 11 is 12.1. The van der Waals surface area contributed by atoms with Crippen molar-refractivity contribution in [3.05, 3.63) is 74.7 Å². The number of aromatic nitrogens is 3. The van der Waals surface area contributed by atoms with Gasteiger partial charge < -0.3 is 15.7 Å². The van der Waals surface area contributed by atoms with E-state index >= 15 is 0 Å². The lowest BCUT2D eigenvalue weighted by atomic mass is 10.0. The van der Waals surface area contributed by atoms with Crippen LogP contribution in [0.25, 0.3) is 0 Å². The van der Waals surface area contributed by atoms with Crippen LogP contribution in [0.2, 0.25) is 10.0 Å². The summed E-state index contributed by atoms with van der Waals surface area (Å²) in [6.07, 6.45) is 4.00. The smallest absolute Gasteiger partial charge is 0.305 e. The van der Waals surface area contributed by atoms with E-state index < -0.39 is 17.9 Å². The van der Waals surface area contributed by atoms with Crippen LogP contribution in [0.4, 0.5) is 5.82 Å². The SMILES string of the molecule is Cc1c(C(=O)NC(CC(=O)O)c2cc(Cl)cc(Cl)c2)cnn1CCc1ccc2c(n1)NCCC2. The van der Waals surface area contributed by atoms with E-state index in [1.165, 1.54) is 11.8 Å². The third-order valence-electron chi connectivity index (χ3n) is 5.85. The highest BCUT2D eigenvalue weighted by molar-refractivity contribution is 6.34. The monoisotopic (exact) mass is 501 g/mol. The molecule has 1 aliphatic heterocycles. The maximum Gasteiger partial charge on any atom is 0.305 e. The first-order valence-electron chi connectivity index (χ1n) is 11.0. The number of amides is 1. The number of aliphatic carboxylic acids is 1. The third-order valence-corrected chi connectivity index (χ3v) is 6.29. The van der Waals surface area contributed by atoms with Gasteiger partial charge in [0.1, 0.15) is 5.82 Å². The fourth-order valence-corrected chi connectivity index (χ4v) is 4.61. The van der Waals surface area contributed by atoms with Crippen molar-refractivity contribution in [3.63, 3.8) is 0 Å². The van der Waals surface area contributed by atoms with E-state index in [2.05, 4.69) is 21.8 Å². The number of pyridine rings is 1. The van der Waals surface area contributed by atoms with Crippen LogP contribution >= 0.6 is 23.2 Å². The van der Waals surface area contributed by atoms with Gasteiger partial charge in [0.2, 0.25) is 0 Å². The molecule has 4 rings (SSSR count). The molecule has 1 aliphatic rings. The summed E-state index contributed by atoms with van der Waals surface area (Å²) in [7, 11) is 0. The van der Waals surface area contributed by atoms with Crippen molar-refractivity contribution in [2.24, 2.45) is 0 Å². The number of nitrogens with zero attached hydrogens (tertiary/aromatic N) is 3. The molecule has 1 unspecified atom stereocenters. The van der Waals surface area contributed by atoms with E-state index in [1.807, 2.05) is 13.0 Å². The number of carboxylic acid groups (broad SMARTS) is 1. The number of carboxylic acids is 1. The van der Waals surface area contributed by atoms with Gasteiger partial charge in [0.25, 0.3) is 5.91 Å². The van der Waals surface area contributed by atoms with Gasteiger partial charge >= 0.3 is 5.97 Å². The lowest BCUT2D eigenvalue weighted by molar-refractivity contribution is -0.137. The lowest BCUT2D eigenvalue weighted by Gasteiger charge is -2.18. The Morgan fingerprint density at radius 3 is 2.74 bits per heavy atom. The minimum Gasteiger partial charge on any atom is -0.481 e. The number of benzene rings is 1. The number of carbonyl (C=O) groups is 2. The number of hydrogen-bond donors (Lipinski definition) is 3. The summed E-state index contributed by atoms with van der Waals surface area (Å²) in [5.74, 6) is -0.519. The molecule has 8 nitrogen and oxygen atoms in total.